The molecule has 0 bridgehead atoms. The normalized spacial score (nSPS) is 20.1. The molecule has 0 saturated carbocycles. The van der Waals surface area contributed by atoms with Crippen molar-refractivity contribution in [2.45, 2.75) is 45.4 Å². The van der Waals surface area contributed by atoms with Crippen LogP contribution in [0.15, 0.2) is 30.3 Å². The van der Waals surface area contributed by atoms with Gasteiger partial charge in [0.2, 0.25) is 0 Å². The van der Waals surface area contributed by atoms with Crippen LogP contribution in [-0.4, -0.2) is 5.11 Å². The first-order chi connectivity index (χ1) is 8.29. The summed E-state index contributed by atoms with van der Waals surface area (Å²) in [5, 5.41) is 9.27. The molecule has 1 unspecified atom stereocenters. The number of phenols is 1. The van der Waals surface area contributed by atoms with Crippen LogP contribution in [0.4, 0.5) is 0 Å². The van der Waals surface area contributed by atoms with Crippen molar-refractivity contribution in [2.75, 3.05) is 0 Å². The molecule has 1 atom stereocenters. The minimum atomic E-state index is 0.353. The van der Waals surface area contributed by atoms with Crippen LogP contribution in [0, 0.1) is 5.92 Å². The Morgan fingerprint density at radius 2 is 2.00 bits per heavy atom. The lowest BCUT2D eigenvalue weighted by molar-refractivity contribution is 0.434. The Morgan fingerprint density at radius 1 is 1.24 bits per heavy atom. The van der Waals surface area contributed by atoms with E-state index in [0.717, 1.165) is 5.92 Å². The molecule has 1 aromatic carbocycles. The minimum Gasteiger partial charge on any atom is -0.508 e. The second kappa shape index (κ2) is 5.90. The predicted molar refractivity (Wildman–Crippen MR) is 72.9 cm³/mol. The van der Waals surface area contributed by atoms with E-state index in [1.807, 2.05) is 12.1 Å². The zero-order chi connectivity index (χ0) is 12.1. The molecule has 0 amide bonds. The molecule has 0 saturated heterocycles. The van der Waals surface area contributed by atoms with Crippen molar-refractivity contribution in [3.8, 4) is 5.75 Å². The fourth-order valence-electron chi connectivity index (χ4n) is 2.58. The summed E-state index contributed by atoms with van der Waals surface area (Å²) in [5.74, 6) is 1.25. The number of rotatable bonds is 4. The fourth-order valence-corrected chi connectivity index (χ4v) is 2.58. The van der Waals surface area contributed by atoms with E-state index in [2.05, 4.69) is 13.0 Å². The summed E-state index contributed by atoms with van der Waals surface area (Å²) in [4.78, 5) is 0. The highest BCUT2D eigenvalue weighted by Gasteiger charge is 2.14. The molecule has 92 valence electrons. The van der Waals surface area contributed by atoms with Gasteiger partial charge in [-0.25, -0.2) is 0 Å². The lowest BCUT2D eigenvalue weighted by Gasteiger charge is -2.22. The van der Waals surface area contributed by atoms with Gasteiger partial charge >= 0.3 is 0 Å². The van der Waals surface area contributed by atoms with Gasteiger partial charge in [0, 0.05) is 0 Å². The van der Waals surface area contributed by atoms with Gasteiger partial charge in [-0.1, -0.05) is 44.4 Å². The minimum absolute atomic E-state index is 0.353. The summed E-state index contributed by atoms with van der Waals surface area (Å²) in [6.07, 6.45) is 10.2. The third-order valence-electron chi connectivity index (χ3n) is 3.72. The van der Waals surface area contributed by atoms with Gasteiger partial charge in [-0.2, -0.15) is 0 Å². The number of phenolic OH excluding ortho intramolecular Hbond substituents is 1. The van der Waals surface area contributed by atoms with E-state index in [0.29, 0.717) is 5.75 Å². The standard InChI is InChI=1S/C16H22O/c1-2-3-4-13-5-7-14(8-6-13)15-9-11-16(17)12-10-15/h7,9-13,17H,2-6,8H2,1H3. The Balaban J connectivity index is 1.96. The average Bonchev–Trinajstić information content (AvgIpc) is 2.38. The molecule has 0 heterocycles. The van der Waals surface area contributed by atoms with Crippen molar-refractivity contribution < 1.29 is 5.11 Å². The van der Waals surface area contributed by atoms with Crippen LogP contribution in [0.25, 0.3) is 5.57 Å². The van der Waals surface area contributed by atoms with Crippen molar-refractivity contribution >= 4 is 5.57 Å². The van der Waals surface area contributed by atoms with Crippen LogP contribution in [0.5, 0.6) is 5.75 Å². The van der Waals surface area contributed by atoms with Crippen LogP contribution in [0.3, 0.4) is 0 Å². The SMILES string of the molecule is CCCCC1CC=C(c2ccc(O)cc2)CC1. The number of hydrogen-bond acceptors (Lipinski definition) is 1. The third-order valence-corrected chi connectivity index (χ3v) is 3.72. The summed E-state index contributed by atoms with van der Waals surface area (Å²) >= 11 is 0. The molecule has 0 fully saturated rings. The predicted octanol–water partition coefficient (Wildman–Crippen LogP) is 4.77. The molecule has 1 N–H and O–H groups in total. The zero-order valence-electron chi connectivity index (χ0n) is 10.7. The Hall–Kier alpha value is -1.24. The summed E-state index contributed by atoms with van der Waals surface area (Å²) < 4.78 is 0. The number of benzene rings is 1. The number of unbranched alkanes of at least 4 members (excludes halogenated alkanes) is 1. The molecule has 0 aromatic heterocycles. The first kappa shape index (κ1) is 12.2. The second-order valence-electron chi connectivity index (χ2n) is 5.06. The molecule has 2 rings (SSSR count). The van der Waals surface area contributed by atoms with Gasteiger partial charge in [0.05, 0.1) is 0 Å². The van der Waals surface area contributed by atoms with Gasteiger partial charge in [-0.15, -0.1) is 0 Å². The molecule has 1 heteroatoms. The van der Waals surface area contributed by atoms with Gasteiger partial charge in [-0.3, -0.25) is 0 Å². The van der Waals surface area contributed by atoms with Crippen LogP contribution in [0.1, 0.15) is 51.0 Å². The van der Waals surface area contributed by atoms with E-state index >= 15 is 0 Å². The molecule has 0 radical (unpaired) electrons. The second-order valence-corrected chi connectivity index (χ2v) is 5.06. The summed E-state index contributed by atoms with van der Waals surface area (Å²) in [6, 6.07) is 7.60. The molecule has 0 spiro atoms. The largest absolute Gasteiger partial charge is 0.508 e. The zero-order valence-corrected chi connectivity index (χ0v) is 10.7. The average molecular weight is 230 g/mol. The van der Waals surface area contributed by atoms with Gasteiger partial charge in [-0.05, 0) is 48.4 Å². The van der Waals surface area contributed by atoms with Crippen LogP contribution in [-0.2, 0) is 0 Å². The van der Waals surface area contributed by atoms with Gasteiger partial charge in [0.25, 0.3) is 0 Å². The van der Waals surface area contributed by atoms with E-state index in [1.165, 1.54) is 49.7 Å². The van der Waals surface area contributed by atoms with E-state index in [1.54, 1.807) is 12.1 Å². The van der Waals surface area contributed by atoms with E-state index in [-0.39, 0.29) is 0 Å². The molecule has 17 heavy (non-hydrogen) atoms. The number of aromatic hydroxyl groups is 1. The van der Waals surface area contributed by atoms with Gasteiger partial charge in [0.15, 0.2) is 0 Å². The summed E-state index contributed by atoms with van der Waals surface area (Å²) in [6.45, 7) is 2.26. The van der Waals surface area contributed by atoms with E-state index in [4.69, 9.17) is 0 Å². The van der Waals surface area contributed by atoms with Crippen LogP contribution >= 0.6 is 0 Å². The molecular formula is C16H22O. The number of allylic oxidation sites excluding steroid dienone is 2. The van der Waals surface area contributed by atoms with Gasteiger partial charge in [0.1, 0.15) is 5.75 Å². The van der Waals surface area contributed by atoms with Crippen molar-refractivity contribution in [3.05, 3.63) is 35.9 Å². The maximum Gasteiger partial charge on any atom is 0.115 e. The lowest BCUT2D eigenvalue weighted by Crippen LogP contribution is -2.05. The van der Waals surface area contributed by atoms with Crippen molar-refractivity contribution in [1.29, 1.82) is 0 Å². The number of hydrogen-bond donors (Lipinski definition) is 1. The van der Waals surface area contributed by atoms with Crippen molar-refractivity contribution in [2.24, 2.45) is 5.92 Å². The topological polar surface area (TPSA) is 20.2 Å². The highest BCUT2D eigenvalue weighted by atomic mass is 16.3. The van der Waals surface area contributed by atoms with E-state index in [9.17, 15) is 5.11 Å². The third kappa shape index (κ3) is 3.36. The summed E-state index contributed by atoms with van der Waals surface area (Å²) in [5.41, 5.74) is 2.73. The van der Waals surface area contributed by atoms with Crippen LogP contribution < -0.4 is 0 Å². The molecule has 1 aliphatic rings. The molecule has 1 aromatic rings. The van der Waals surface area contributed by atoms with Gasteiger partial charge < -0.3 is 5.11 Å². The van der Waals surface area contributed by atoms with Crippen molar-refractivity contribution in [3.63, 3.8) is 0 Å². The molecular weight excluding hydrogens is 208 g/mol. The monoisotopic (exact) mass is 230 g/mol. The molecule has 0 aliphatic heterocycles. The quantitative estimate of drug-likeness (QED) is 0.790. The first-order valence-electron chi connectivity index (χ1n) is 6.78. The Morgan fingerprint density at radius 3 is 2.59 bits per heavy atom. The summed E-state index contributed by atoms with van der Waals surface area (Å²) in [7, 11) is 0. The van der Waals surface area contributed by atoms with Crippen molar-refractivity contribution in [1.82, 2.24) is 0 Å². The highest BCUT2D eigenvalue weighted by molar-refractivity contribution is 5.66. The smallest absolute Gasteiger partial charge is 0.115 e. The Bertz CT molecular complexity index is 375. The molecule has 1 nitrogen and oxygen atoms in total. The maximum absolute atomic E-state index is 9.27. The van der Waals surface area contributed by atoms with Crippen LogP contribution in [0.2, 0.25) is 0 Å². The lowest BCUT2D eigenvalue weighted by atomic mass is 9.84. The van der Waals surface area contributed by atoms with E-state index < -0.39 is 0 Å². The first-order valence-corrected chi connectivity index (χ1v) is 6.78. The Kier molecular flexibility index (Phi) is 4.24. The fraction of sp³-hybridized carbons (Fsp3) is 0.500. The maximum atomic E-state index is 9.27. The molecule has 1 aliphatic carbocycles. The highest BCUT2D eigenvalue weighted by Crippen LogP contribution is 2.32. The Labute approximate surface area is 104 Å².